The molecule has 2 fully saturated rings. The highest BCUT2D eigenvalue weighted by atomic mass is 32.1. The second kappa shape index (κ2) is 12.3. The summed E-state index contributed by atoms with van der Waals surface area (Å²) < 4.78 is 0. The predicted molar refractivity (Wildman–Crippen MR) is 169 cm³/mol. The first-order valence-corrected chi connectivity index (χ1v) is 15.4. The molecule has 1 saturated heterocycles. The maximum Gasteiger partial charge on any atom is 0.264 e. The number of carbonyl (C=O) groups is 1. The van der Waals surface area contributed by atoms with Crippen molar-refractivity contribution in [1.82, 2.24) is 9.88 Å². The molecule has 0 radical (unpaired) electrons. The number of aromatic nitrogens is 1. The van der Waals surface area contributed by atoms with Gasteiger partial charge >= 0.3 is 0 Å². The van der Waals surface area contributed by atoms with Gasteiger partial charge in [0.05, 0.1) is 16.3 Å². The van der Waals surface area contributed by atoms with E-state index in [4.69, 9.17) is 11.5 Å². The molecular formula is C33H38N6OS. The third-order valence-corrected chi connectivity index (χ3v) is 9.27. The number of anilines is 3. The van der Waals surface area contributed by atoms with Gasteiger partial charge in [-0.05, 0) is 84.2 Å². The Balaban J connectivity index is 1.17. The molecule has 1 aliphatic carbocycles. The van der Waals surface area contributed by atoms with Crippen LogP contribution in [0.2, 0.25) is 0 Å². The highest BCUT2D eigenvalue weighted by molar-refractivity contribution is 7.12. The van der Waals surface area contributed by atoms with Crippen LogP contribution in [0.25, 0.3) is 11.1 Å². The summed E-state index contributed by atoms with van der Waals surface area (Å²) in [5.41, 5.74) is 18.0. The number of rotatable bonds is 7. The Morgan fingerprint density at radius 2 is 1.66 bits per heavy atom. The average molecular weight is 567 g/mol. The number of piperazine rings is 1. The van der Waals surface area contributed by atoms with Crippen molar-refractivity contribution in [3.05, 3.63) is 94.8 Å². The van der Waals surface area contributed by atoms with Crippen LogP contribution in [0.5, 0.6) is 0 Å². The number of hydrogen-bond acceptors (Lipinski definition) is 7. The van der Waals surface area contributed by atoms with E-state index in [1.165, 1.54) is 11.3 Å². The zero-order valence-electron chi connectivity index (χ0n) is 23.4. The van der Waals surface area contributed by atoms with Crippen LogP contribution in [0.3, 0.4) is 0 Å². The number of thiophene rings is 1. The van der Waals surface area contributed by atoms with Crippen molar-refractivity contribution in [1.29, 1.82) is 0 Å². The quantitative estimate of drug-likeness (QED) is 0.282. The van der Waals surface area contributed by atoms with Crippen molar-refractivity contribution < 1.29 is 4.79 Å². The highest BCUT2D eigenvalue weighted by Gasteiger charge is 2.29. The van der Waals surface area contributed by atoms with Crippen LogP contribution in [0.4, 0.5) is 17.2 Å². The van der Waals surface area contributed by atoms with Gasteiger partial charge in [-0.3, -0.25) is 4.79 Å². The first-order chi connectivity index (χ1) is 20.0. The van der Waals surface area contributed by atoms with Gasteiger partial charge in [-0.25, -0.2) is 4.98 Å². The van der Waals surface area contributed by atoms with E-state index < -0.39 is 0 Å². The molecule has 2 aromatic heterocycles. The Labute approximate surface area is 246 Å². The molecule has 2 aromatic carbocycles. The molecule has 1 saturated carbocycles. The molecule has 41 heavy (non-hydrogen) atoms. The maximum absolute atomic E-state index is 13.6. The molecule has 0 spiro atoms. The van der Waals surface area contributed by atoms with Gasteiger partial charge in [-0.1, -0.05) is 36.4 Å². The summed E-state index contributed by atoms with van der Waals surface area (Å²) in [5.74, 6) is 1.14. The number of amides is 1. The van der Waals surface area contributed by atoms with E-state index in [9.17, 15) is 4.79 Å². The molecule has 0 atom stereocenters. The molecular weight excluding hydrogens is 528 g/mol. The summed E-state index contributed by atoms with van der Waals surface area (Å²) in [7, 11) is 0. The number of benzene rings is 2. The van der Waals surface area contributed by atoms with Crippen LogP contribution >= 0.6 is 11.3 Å². The summed E-state index contributed by atoms with van der Waals surface area (Å²) >= 11 is 1.51. The lowest BCUT2D eigenvalue weighted by Gasteiger charge is -2.37. The lowest BCUT2D eigenvalue weighted by molar-refractivity contribution is 0.0611. The van der Waals surface area contributed by atoms with E-state index >= 15 is 0 Å². The first-order valence-electron chi connectivity index (χ1n) is 14.5. The number of pyridine rings is 1. The largest absolute Gasteiger partial charge is 0.397 e. The molecule has 1 aliphatic heterocycles. The lowest BCUT2D eigenvalue weighted by atomic mass is 9.90. The molecule has 8 heteroatoms. The maximum atomic E-state index is 13.6. The summed E-state index contributed by atoms with van der Waals surface area (Å²) in [5, 5.41) is 1.97. The summed E-state index contributed by atoms with van der Waals surface area (Å²) in [6.45, 7) is 4.20. The monoisotopic (exact) mass is 566 g/mol. The molecule has 212 valence electrons. The van der Waals surface area contributed by atoms with Crippen molar-refractivity contribution in [2.45, 2.75) is 44.3 Å². The van der Waals surface area contributed by atoms with E-state index in [0.29, 0.717) is 6.54 Å². The molecule has 4 N–H and O–H groups in total. The molecule has 0 bridgehead atoms. The first kappa shape index (κ1) is 27.3. The van der Waals surface area contributed by atoms with Crippen molar-refractivity contribution in [2.24, 2.45) is 5.73 Å². The second-order valence-electron chi connectivity index (χ2n) is 11.1. The Hall–Kier alpha value is -3.88. The van der Waals surface area contributed by atoms with Gasteiger partial charge in [-0.15, -0.1) is 11.3 Å². The second-order valence-corrected chi connectivity index (χ2v) is 12.1. The minimum atomic E-state index is 0.114. The van der Waals surface area contributed by atoms with E-state index in [-0.39, 0.29) is 18.0 Å². The van der Waals surface area contributed by atoms with Gasteiger partial charge in [0.2, 0.25) is 0 Å². The molecule has 0 unspecified atom stereocenters. The van der Waals surface area contributed by atoms with Crippen LogP contribution in [-0.4, -0.2) is 54.1 Å². The molecule has 2 aliphatic rings. The number of nitrogens with two attached hydrogens (primary N) is 2. The van der Waals surface area contributed by atoms with Crippen LogP contribution in [0.1, 0.15) is 40.9 Å². The van der Waals surface area contributed by atoms with Crippen molar-refractivity contribution in [3.8, 4) is 11.1 Å². The Bertz CT molecular complexity index is 1440. The molecule has 1 amide bonds. The summed E-state index contributed by atoms with van der Waals surface area (Å²) in [6, 6.07) is 25.3. The predicted octanol–water partition coefficient (Wildman–Crippen LogP) is 5.63. The van der Waals surface area contributed by atoms with Gasteiger partial charge in [0.15, 0.2) is 0 Å². The van der Waals surface area contributed by atoms with Crippen molar-refractivity contribution in [3.63, 3.8) is 0 Å². The van der Waals surface area contributed by atoms with Gasteiger partial charge < -0.3 is 26.2 Å². The SMILES string of the molecule is Nc1cc(-c2cccc(CN(C(=O)c3cccs3)C3CCC(N)CC3)c2)ccc1N1CCN(c2ccccn2)CC1. The molecule has 6 rings (SSSR count). The fourth-order valence-electron chi connectivity index (χ4n) is 6.11. The van der Waals surface area contributed by atoms with E-state index in [2.05, 4.69) is 68.2 Å². The minimum Gasteiger partial charge on any atom is -0.397 e. The zero-order valence-corrected chi connectivity index (χ0v) is 24.2. The smallest absolute Gasteiger partial charge is 0.264 e. The number of nitrogens with zero attached hydrogens (tertiary/aromatic N) is 4. The van der Waals surface area contributed by atoms with Crippen LogP contribution < -0.4 is 21.3 Å². The van der Waals surface area contributed by atoms with Gasteiger partial charge in [-0.2, -0.15) is 0 Å². The highest BCUT2D eigenvalue weighted by Crippen LogP contribution is 2.32. The van der Waals surface area contributed by atoms with Crippen molar-refractivity contribution >= 4 is 34.4 Å². The van der Waals surface area contributed by atoms with Gasteiger partial charge in [0, 0.05) is 51.0 Å². The Morgan fingerprint density at radius 1 is 0.878 bits per heavy atom. The number of hydrogen-bond donors (Lipinski definition) is 2. The Kier molecular flexibility index (Phi) is 8.21. The fraction of sp³-hybridized carbons (Fsp3) is 0.333. The lowest BCUT2D eigenvalue weighted by Crippen LogP contribution is -2.47. The summed E-state index contributed by atoms with van der Waals surface area (Å²) in [6.07, 6.45) is 5.67. The minimum absolute atomic E-state index is 0.114. The molecule has 7 nitrogen and oxygen atoms in total. The summed E-state index contributed by atoms with van der Waals surface area (Å²) in [4.78, 5) is 25.6. The Morgan fingerprint density at radius 3 is 2.37 bits per heavy atom. The third kappa shape index (κ3) is 6.24. The van der Waals surface area contributed by atoms with Crippen molar-refractivity contribution in [2.75, 3.05) is 41.7 Å². The third-order valence-electron chi connectivity index (χ3n) is 8.41. The van der Waals surface area contributed by atoms with Crippen LogP contribution in [0.15, 0.2) is 84.4 Å². The van der Waals surface area contributed by atoms with Crippen LogP contribution in [0, 0.1) is 0 Å². The standard InChI is InChI=1S/C33H38N6OS/c34-27-10-12-28(13-11-27)39(33(40)31-7-4-20-41-31)23-24-5-3-6-25(21-24)26-9-14-30(29(35)22-26)37-16-18-38(19-17-37)32-8-1-2-15-36-32/h1-9,14-15,20-22,27-28H,10-13,16-19,23,34-35H2. The van der Waals surface area contributed by atoms with Crippen LogP contribution in [-0.2, 0) is 6.54 Å². The van der Waals surface area contributed by atoms with Gasteiger partial charge in [0.1, 0.15) is 5.82 Å². The number of carbonyl (C=O) groups excluding carboxylic acids is 1. The molecule has 4 aromatic rings. The number of nitrogen functional groups attached to an aromatic ring is 1. The van der Waals surface area contributed by atoms with E-state index in [0.717, 1.165) is 90.6 Å². The average Bonchev–Trinajstić information content (AvgIpc) is 3.56. The van der Waals surface area contributed by atoms with E-state index in [1.807, 2.05) is 35.8 Å². The van der Waals surface area contributed by atoms with Gasteiger partial charge in [0.25, 0.3) is 5.91 Å². The zero-order chi connectivity index (χ0) is 28.2. The topological polar surface area (TPSA) is 91.7 Å². The molecule has 3 heterocycles. The van der Waals surface area contributed by atoms with E-state index in [1.54, 1.807) is 0 Å². The normalized spacial score (nSPS) is 19.2. The fourth-order valence-corrected chi connectivity index (χ4v) is 6.79.